The van der Waals surface area contributed by atoms with E-state index >= 15 is 0 Å². The van der Waals surface area contributed by atoms with Crippen molar-refractivity contribution in [1.29, 1.82) is 0 Å². The van der Waals surface area contributed by atoms with Gasteiger partial charge in [0.2, 0.25) is 0 Å². The molecule has 29 heavy (non-hydrogen) atoms. The number of fused-ring (bicyclic) bond motifs is 1. The third kappa shape index (κ3) is 4.86. The van der Waals surface area contributed by atoms with Crippen molar-refractivity contribution in [3.63, 3.8) is 0 Å². The van der Waals surface area contributed by atoms with E-state index in [-0.39, 0.29) is 11.7 Å². The summed E-state index contributed by atoms with van der Waals surface area (Å²) in [5, 5.41) is 15.9. The highest BCUT2D eigenvalue weighted by Gasteiger charge is 2.19. The predicted octanol–water partition coefficient (Wildman–Crippen LogP) is 4.62. The Hall–Kier alpha value is -3.06. The van der Waals surface area contributed by atoms with Crippen molar-refractivity contribution in [3.8, 4) is 17.2 Å². The second-order valence-corrected chi connectivity index (χ2v) is 7.07. The second-order valence-electron chi connectivity index (χ2n) is 6.27. The standard InChI is InChI=1S/C22H21BrN2O4/c1-3-19(29-20-11-8-14-6-4-5-7-17(14)21(20)23)22(27)25-24-13-15-12-16(28-2)9-10-18(15)26/h4-13,19,26H,3H2,1-2H3,(H,25,27)/b24-13+/t19-/m1/s1. The molecule has 0 spiro atoms. The molecule has 3 aromatic rings. The Labute approximate surface area is 177 Å². The number of nitrogens with zero attached hydrogens (tertiary/aromatic N) is 1. The number of phenolic OH excluding ortho intramolecular Hbond substituents is 1. The number of ether oxygens (including phenoxy) is 2. The minimum absolute atomic E-state index is 0.0344. The van der Waals surface area contributed by atoms with Gasteiger partial charge in [-0.15, -0.1) is 0 Å². The average Bonchev–Trinajstić information content (AvgIpc) is 2.74. The van der Waals surface area contributed by atoms with Gasteiger partial charge in [0.25, 0.3) is 5.91 Å². The number of phenols is 1. The van der Waals surface area contributed by atoms with Crippen molar-refractivity contribution in [2.75, 3.05) is 7.11 Å². The van der Waals surface area contributed by atoms with Crippen LogP contribution in [0.3, 0.4) is 0 Å². The number of carbonyl (C=O) groups is 1. The van der Waals surface area contributed by atoms with Crippen LogP contribution in [0.25, 0.3) is 10.8 Å². The lowest BCUT2D eigenvalue weighted by atomic mass is 10.1. The fraction of sp³-hybridized carbons (Fsp3) is 0.182. The van der Waals surface area contributed by atoms with Gasteiger partial charge in [-0.25, -0.2) is 5.43 Å². The molecule has 0 saturated carbocycles. The number of methoxy groups -OCH3 is 1. The lowest BCUT2D eigenvalue weighted by molar-refractivity contribution is -0.128. The van der Waals surface area contributed by atoms with Gasteiger partial charge in [-0.1, -0.05) is 37.3 Å². The quantitative estimate of drug-likeness (QED) is 0.401. The zero-order valence-corrected chi connectivity index (χ0v) is 17.6. The molecule has 1 amide bonds. The SMILES string of the molecule is CC[C@@H](Oc1ccc2ccccc2c1Br)C(=O)N/N=C/c1cc(OC)ccc1O. The first-order valence-electron chi connectivity index (χ1n) is 9.07. The molecular formula is C22H21BrN2O4. The highest BCUT2D eigenvalue weighted by molar-refractivity contribution is 9.10. The van der Waals surface area contributed by atoms with Crippen LogP contribution in [0.1, 0.15) is 18.9 Å². The van der Waals surface area contributed by atoms with Crippen molar-refractivity contribution >= 4 is 38.8 Å². The number of hydrazone groups is 1. The second kappa shape index (κ2) is 9.43. The maximum atomic E-state index is 12.5. The van der Waals surface area contributed by atoms with E-state index in [2.05, 4.69) is 26.5 Å². The Balaban J connectivity index is 1.70. The van der Waals surface area contributed by atoms with Gasteiger partial charge >= 0.3 is 0 Å². The van der Waals surface area contributed by atoms with Crippen LogP contribution in [0.15, 0.2) is 64.2 Å². The van der Waals surface area contributed by atoms with Crippen LogP contribution < -0.4 is 14.9 Å². The van der Waals surface area contributed by atoms with Crippen molar-refractivity contribution in [2.45, 2.75) is 19.4 Å². The Bertz CT molecular complexity index is 1050. The van der Waals surface area contributed by atoms with E-state index in [4.69, 9.17) is 9.47 Å². The molecule has 6 nitrogen and oxygen atoms in total. The predicted molar refractivity (Wildman–Crippen MR) is 117 cm³/mol. The Morgan fingerprint density at radius 3 is 2.79 bits per heavy atom. The van der Waals surface area contributed by atoms with Crippen LogP contribution in [0.5, 0.6) is 17.2 Å². The van der Waals surface area contributed by atoms with E-state index in [0.717, 1.165) is 15.2 Å². The zero-order chi connectivity index (χ0) is 20.8. The summed E-state index contributed by atoms with van der Waals surface area (Å²) in [5.74, 6) is 0.810. The van der Waals surface area contributed by atoms with Crippen LogP contribution in [-0.2, 0) is 4.79 Å². The van der Waals surface area contributed by atoms with Gasteiger partial charge < -0.3 is 14.6 Å². The molecule has 3 rings (SSSR count). The fourth-order valence-electron chi connectivity index (χ4n) is 2.78. The molecule has 0 unspecified atom stereocenters. The summed E-state index contributed by atoms with van der Waals surface area (Å²) in [6.45, 7) is 1.86. The summed E-state index contributed by atoms with van der Waals surface area (Å²) in [6.07, 6.45) is 1.10. The normalized spacial score (nSPS) is 12.1. The molecule has 0 aliphatic heterocycles. The molecule has 0 heterocycles. The Morgan fingerprint density at radius 2 is 2.03 bits per heavy atom. The monoisotopic (exact) mass is 456 g/mol. The van der Waals surface area contributed by atoms with Gasteiger partial charge in [-0.05, 0) is 57.4 Å². The van der Waals surface area contributed by atoms with Crippen LogP contribution >= 0.6 is 15.9 Å². The molecule has 7 heteroatoms. The first-order chi connectivity index (χ1) is 14.0. The number of nitrogens with one attached hydrogen (secondary N) is 1. The number of aromatic hydroxyl groups is 1. The third-order valence-corrected chi connectivity index (χ3v) is 5.19. The van der Waals surface area contributed by atoms with Crippen molar-refractivity contribution in [1.82, 2.24) is 5.43 Å². The summed E-state index contributed by atoms with van der Waals surface area (Å²) in [4.78, 5) is 12.5. The first-order valence-corrected chi connectivity index (χ1v) is 9.86. The maximum Gasteiger partial charge on any atom is 0.281 e. The molecule has 3 aromatic carbocycles. The molecule has 0 aliphatic rings. The van der Waals surface area contributed by atoms with Crippen molar-refractivity contribution in [3.05, 3.63) is 64.6 Å². The summed E-state index contributed by atoms with van der Waals surface area (Å²) in [7, 11) is 1.53. The molecule has 0 bridgehead atoms. The Kier molecular flexibility index (Phi) is 6.72. The maximum absolute atomic E-state index is 12.5. The lowest BCUT2D eigenvalue weighted by Gasteiger charge is -2.17. The summed E-state index contributed by atoms with van der Waals surface area (Å²) in [6, 6.07) is 16.4. The van der Waals surface area contributed by atoms with E-state index in [1.165, 1.54) is 19.4 Å². The summed E-state index contributed by atoms with van der Waals surface area (Å²) in [5.41, 5.74) is 2.89. The fourth-order valence-corrected chi connectivity index (χ4v) is 3.37. The van der Waals surface area contributed by atoms with Crippen molar-refractivity contribution < 1.29 is 19.4 Å². The van der Waals surface area contributed by atoms with Gasteiger partial charge in [0.15, 0.2) is 6.10 Å². The van der Waals surface area contributed by atoms with Crippen molar-refractivity contribution in [2.24, 2.45) is 5.10 Å². The zero-order valence-electron chi connectivity index (χ0n) is 16.1. The van der Waals surface area contributed by atoms with Gasteiger partial charge in [-0.3, -0.25) is 4.79 Å². The smallest absolute Gasteiger partial charge is 0.281 e. The van der Waals surface area contributed by atoms with E-state index < -0.39 is 6.10 Å². The van der Waals surface area contributed by atoms with Crippen LogP contribution in [0.2, 0.25) is 0 Å². The minimum atomic E-state index is -0.719. The van der Waals surface area contributed by atoms with Crippen LogP contribution in [-0.4, -0.2) is 30.4 Å². The third-order valence-electron chi connectivity index (χ3n) is 4.37. The number of hydrogen-bond acceptors (Lipinski definition) is 5. The van der Waals surface area contributed by atoms with Gasteiger partial charge in [0, 0.05) is 5.56 Å². The topological polar surface area (TPSA) is 80.2 Å². The molecule has 1 atom stereocenters. The lowest BCUT2D eigenvalue weighted by Crippen LogP contribution is -2.35. The number of hydrogen-bond donors (Lipinski definition) is 2. The number of amides is 1. The number of halogens is 1. The van der Waals surface area contributed by atoms with Gasteiger partial charge in [-0.2, -0.15) is 5.10 Å². The Morgan fingerprint density at radius 1 is 1.24 bits per heavy atom. The first kappa shape index (κ1) is 20.7. The van der Waals surface area contributed by atoms with Gasteiger partial charge in [0.05, 0.1) is 17.8 Å². The number of carbonyl (C=O) groups excluding carboxylic acids is 1. The minimum Gasteiger partial charge on any atom is -0.507 e. The highest BCUT2D eigenvalue weighted by Crippen LogP contribution is 2.33. The van der Waals surface area contributed by atoms with E-state index in [9.17, 15) is 9.90 Å². The number of benzene rings is 3. The summed E-state index contributed by atoms with van der Waals surface area (Å²) >= 11 is 3.57. The van der Waals surface area contributed by atoms with E-state index in [0.29, 0.717) is 23.5 Å². The summed E-state index contributed by atoms with van der Waals surface area (Å²) < 4.78 is 11.8. The van der Waals surface area contributed by atoms with Crippen LogP contribution in [0, 0.1) is 0 Å². The molecule has 150 valence electrons. The molecule has 0 fully saturated rings. The van der Waals surface area contributed by atoms with Crippen LogP contribution in [0.4, 0.5) is 0 Å². The van der Waals surface area contributed by atoms with E-state index in [1.807, 2.05) is 43.3 Å². The molecule has 2 N–H and O–H groups in total. The molecule has 0 aliphatic carbocycles. The van der Waals surface area contributed by atoms with E-state index in [1.54, 1.807) is 12.1 Å². The molecule has 0 saturated heterocycles. The average molecular weight is 457 g/mol. The highest BCUT2D eigenvalue weighted by atomic mass is 79.9. The molecule has 0 aromatic heterocycles. The largest absolute Gasteiger partial charge is 0.507 e. The molecule has 0 radical (unpaired) electrons. The molecular weight excluding hydrogens is 436 g/mol. The van der Waals surface area contributed by atoms with Gasteiger partial charge in [0.1, 0.15) is 17.2 Å². The number of rotatable bonds is 7.